The Bertz CT molecular complexity index is 780. The number of rotatable bonds is 4. The first kappa shape index (κ1) is 16.4. The van der Waals surface area contributed by atoms with Gasteiger partial charge in [0, 0.05) is 11.1 Å². The molecule has 2 fully saturated rings. The van der Waals surface area contributed by atoms with Crippen molar-refractivity contribution in [3.63, 3.8) is 0 Å². The number of imidazole rings is 1. The fraction of sp³-hybridized carbons (Fsp3) is 0.533. The van der Waals surface area contributed by atoms with Crippen molar-refractivity contribution in [1.82, 2.24) is 9.55 Å². The molecular formula is C15H17Cl2N3O4. The molecule has 1 saturated heterocycles. The van der Waals surface area contributed by atoms with Crippen molar-refractivity contribution in [2.75, 3.05) is 11.9 Å². The first-order chi connectivity index (χ1) is 11.5. The number of nitrogens with zero attached hydrogens (tertiary/aromatic N) is 2. The minimum Gasteiger partial charge on any atom is -0.394 e. The summed E-state index contributed by atoms with van der Waals surface area (Å²) in [4.78, 5) is 4.51. The van der Waals surface area contributed by atoms with Gasteiger partial charge in [-0.25, -0.2) is 4.98 Å². The third-order valence-corrected chi connectivity index (χ3v) is 4.90. The Morgan fingerprint density at radius 1 is 1.25 bits per heavy atom. The Balaban J connectivity index is 1.85. The maximum atomic E-state index is 10.4. The minimum atomic E-state index is -1.21. The summed E-state index contributed by atoms with van der Waals surface area (Å²) >= 11 is 12.4. The Labute approximate surface area is 147 Å². The van der Waals surface area contributed by atoms with Crippen LogP contribution in [0.1, 0.15) is 19.1 Å². The van der Waals surface area contributed by atoms with Gasteiger partial charge < -0.3 is 25.4 Å². The average molecular weight is 374 g/mol. The van der Waals surface area contributed by atoms with Gasteiger partial charge in [0.2, 0.25) is 5.95 Å². The van der Waals surface area contributed by atoms with E-state index in [1.54, 1.807) is 16.7 Å². The van der Waals surface area contributed by atoms with Crippen LogP contribution in [-0.2, 0) is 4.74 Å². The van der Waals surface area contributed by atoms with E-state index in [1.165, 1.54) is 0 Å². The van der Waals surface area contributed by atoms with Crippen molar-refractivity contribution >= 4 is 40.2 Å². The summed E-state index contributed by atoms with van der Waals surface area (Å²) in [5, 5.41) is 33.8. The number of ether oxygens (including phenoxy) is 1. The molecule has 1 saturated carbocycles. The molecule has 2 aromatic rings. The van der Waals surface area contributed by atoms with E-state index >= 15 is 0 Å². The van der Waals surface area contributed by atoms with Gasteiger partial charge in [-0.05, 0) is 25.0 Å². The van der Waals surface area contributed by atoms with Crippen molar-refractivity contribution in [2.45, 2.75) is 43.4 Å². The summed E-state index contributed by atoms with van der Waals surface area (Å²) in [6.45, 7) is -0.395. The molecule has 2 heterocycles. The molecule has 1 aromatic heterocycles. The van der Waals surface area contributed by atoms with Crippen LogP contribution in [0.2, 0.25) is 10.0 Å². The van der Waals surface area contributed by atoms with Gasteiger partial charge in [0.15, 0.2) is 6.23 Å². The Morgan fingerprint density at radius 3 is 2.62 bits per heavy atom. The van der Waals surface area contributed by atoms with E-state index in [2.05, 4.69) is 10.3 Å². The smallest absolute Gasteiger partial charge is 0.206 e. The van der Waals surface area contributed by atoms with Crippen LogP contribution in [0.4, 0.5) is 5.95 Å². The maximum absolute atomic E-state index is 10.4. The summed E-state index contributed by atoms with van der Waals surface area (Å²) in [7, 11) is 0. The first-order valence-corrected chi connectivity index (χ1v) is 8.51. The second-order valence-corrected chi connectivity index (χ2v) is 7.05. The third kappa shape index (κ3) is 2.65. The molecule has 1 aromatic carbocycles. The molecule has 0 radical (unpaired) electrons. The van der Waals surface area contributed by atoms with Crippen molar-refractivity contribution in [3.05, 3.63) is 22.2 Å². The van der Waals surface area contributed by atoms with Gasteiger partial charge in [-0.1, -0.05) is 23.2 Å². The summed E-state index contributed by atoms with van der Waals surface area (Å²) in [6, 6.07) is 3.59. The molecular weight excluding hydrogens is 357 g/mol. The van der Waals surface area contributed by atoms with E-state index in [4.69, 9.17) is 27.9 Å². The van der Waals surface area contributed by atoms with Crippen molar-refractivity contribution in [1.29, 1.82) is 0 Å². The van der Waals surface area contributed by atoms with Crippen molar-refractivity contribution in [2.24, 2.45) is 0 Å². The predicted octanol–water partition coefficient (Wildman–Crippen LogP) is 1.53. The standard InChI is InChI=1S/C15H17Cl2N3O4/c16-6-3-8(17)11-9(4-6)20(15(19-11)18-7-1-2-7)14-13(23)12(22)10(5-21)24-14/h3-4,7,10,12-14,21-23H,1-2,5H2,(H,18,19)/t10-,12-,13-,14-/m0/s1. The number of aliphatic hydroxyl groups is 3. The lowest BCUT2D eigenvalue weighted by Gasteiger charge is -2.20. The first-order valence-electron chi connectivity index (χ1n) is 7.75. The number of fused-ring (bicyclic) bond motifs is 1. The van der Waals surface area contributed by atoms with Crippen LogP contribution < -0.4 is 5.32 Å². The van der Waals surface area contributed by atoms with Gasteiger partial charge in [-0.3, -0.25) is 4.57 Å². The van der Waals surface area contributed by atoms with Crippen LogP contribution in [0, 0.1) is 0 Å². The summed E-state index contributed by atoms with van der Waals surface area (Å²) in [5.41, 5.74) is 1.12. The molecule has 4 N–H and O–H groups in total. The highest BCUT2D eigenvalue weighted by Crippen LogP contribution is 2.39. The maximum Gasteiger partial charge on any atom is 0.206 e. The number of benzene rings is 1. The fourth-order valence-corrected chi connectivity index (χ4v) is 3.51. The SMILES string of the molecule is OC[C@@H]1O[C@H](n2c(NC3CC3)nc3c(Cl)cc(Cl)cc32)[C@@H](O)[C@H]1O. The van der Waals surface area contributed by atoms with Crippen LogP contribution >= 0.6 is 23.2 Å². The Hall–Kier alpha value is -1.09. The van der Waals surface area contributed by atoms with E-state index in [1.807, 2.05) is 0 Å². The van der Waals surface area contributed by atoms with Crippen molar-refractivity contribution < 1.29 is 20.1 Å². The van der Waals surface area contributed by atoms with Crippen LogP contribution in [0.15, 0.2) is 12.1 Å². The normalized spacial score (nSPS) is 30.2. The number of nitrogens with one attached hydrogen (secondary N) is 1. The van der Waals surface area contributed by atoms with Gasteiger partial charge in [-0.2, -0.15) is 0 Å². The van der Waals surface area contributed by atoms with Gasteiger partial charge in [0.1, 0.15) is 23.8 Å². The minimum absolute atomic E-state index is 0.312. The second-order valence-electron chi connectivity index (χ2n) is 6.21. The highest BCUT2D eigenvalue weighted by atomic mass is 35.5. The molecule has 0 unspecified atom stereocenters. The number of aliphatic hydroxyl groups excluding tert-OH is 3. The molecule has 130 valence electrons. The molecule has 0 bridgehead atoms. The summed E-state index contributed by atoms with van der Waals surface area (Å²) in [6.07, 6.45) is -2.11. The lowest BCUT2D eigenvalue weighted by Crippen LogP contribution is -2.33. The zero-order chi connectivity index (χ0) is 17.0. The largest absolute Gasteiger partial charge is 0.394 e. The zero-order valence-electron chi connectivity index (χ0n) is 12.6. The number of hydrogen-bond acceptors (Lipinski definition) is 6. The average Bonchev–Trinajstić information content (AvgIpc) is 3.22. The van der Waals surface area contributed by atoms with E-state index in [0.717, 1.165) is 12.8 Å². The second kappa shape index (κ2) is 6.01. The van der Waals surface area contributed by atoms with E-state index in [-0.39, 0.29) is 0 Å². The quantitative estimate of drug-likeness (QED) is 0.648. The van der Waals surface area contributed by atoms with E-state index in [9.17, 15) is 15.3 Å². The summed E-state index contributed by atoms with van der Waals surface area (Å²) < 4.78 is 7.30. The number of anilines is 1. The monoisotopic (exact) mass is 373 g/mol. The van der Waals surface area contributed by atoms with Crippen LogP contribution in [0.25, 0.3) is 11.0 Å². The molecule has 0 spiro atoms. The molecule has 4 atom stereocenters. The lowest BCUT2D eigenvalue weighted by atomic mass is 10.1. The van der Waals surface area contributed by atoms with Crippen LogP contribution in [0.3, 0.4) is 0 Å². The predicted molar refractivity (Wildman–Crippen MR) is 89.4 cm³/mol. The van der Waals surface area contributed by atoms with Crippen LogP contribution in [-0.4, -0.2) is 55.8 Å². The molecule has 2 aliphatic rings. The Kier molecular flexibility index (Phi) is 4.11. The molecule has 0 amide bonds. The molecule has 7 nitrogen and oxygen atoms in total. The molecule has 1 aliphatic heterocycles. The number of aromatic nitrogens is 2. The van der Waals surface area contributed by atoms with Gasteiger partial charge >= 0.3 is 0 Å². The molecule has 4 rings (SSSR count). The Morgan fingerprint density at radius 2 is 2.00 bits per heavy atom. The highest BCUT2D eigenvalue weighted by molar-refractivity contribution is 6.38. The van der Waals surface area contributed by atoms with Gasteiger partial charge in [0.25, 0.3) is 0 Å². The number of halogens is 2. The zero-order valence-corrected chi connectivity index (χ0v) is 14.1. The van der Waals surface area contributed by atoms with Crippen molar-refractivity contribution in [3.8, 4) is 0 Å². The van der Waals surface area contributed by atoms with Gasteiger partial charge in [0.05, 0.1) is 17.1 Å². The lowest BCUT2D eigenvalue weighted by molar-refractivity contribution is -0.0499. The third-order valence-electron chi connectivity index (χ3n) is 4.40. The van der Waals surface area contributed by atoms with Gasteiger partial charge in [-0.15, -0.1) is 0 Å². The fourth-order valence-electron chi connectivity index (χ4n) is 2.98. The highest BCUT2D eigenvalue weighted by Gasteiger charge is 2.45. The topological polar surface area (TPSA) is 99.8 Å². The molecule has 9 heteroatoms. The molecule has 24 heavy (non-hydrogen) atoms. The van der Waals surface area contributed by atoms with Crippen LogP contribution in [0.5, 0.6) is 0 Å². The van der Waals surface area contributed by atoms with E-state index < -0.39 is 31.1 Å². The molecule has 1 aliphatic carbocycles. The van der Waals surface area contributed by atoms with E-state index in [0.29, 0.717) is 33.1 Å². The number of hydrogen-bond donors (Lipinski definition) is 4. The summed E-state index contributed by atoms with van der Waals surface area (Å²) in [5.74, 6) is 0.492.